The van der Waals surface area contributed by atoms with Crippen LogP contribution in [0.3, 0.4) is 0 Å². The van der Waals surface area contributed by atoms with E-state index in [1.165, 1.54) is 25.7 Å². The van der Waals surface area contributed by atoms with E-state index in [4.69, 9.17) is 17.3 Å². The molecular formula is C15H22BrClN2. The number of hydrogen-bond donors (Lipinski definition) is 2. The Kier molecular flexibility index (Phi) is 5.55. The third-order valence-corrected chi connectivity index (χ3v) is 5.29. The lowest BCUT2D eigenvalue weighted by Crippen LogP contribution is -2.38. The molecule has 1 aromatic carbocycles. The molecule has 1 aromatic rings. The van der Waals surface area contributed by atoms with Gasteiger partial charge in [-0.3, -0.25) is 0 Å². The van der Waals surface area contributed by atoms with Gasteiger partial charge in [-0.1, -0.05) is 31.4 Å². The van der Waals surface area contributed by atoms with Crippen molar-refractivity contribution >= 4 is 33.2 Å². The zero-order valence-electron chi connectivity index (χ0n) is 11.3. The van der Waals surface area contributed by atoms with Crippen LogP contribution in [0.1, 0.15) is 32.6 Å². The zero-order chi connectivity index (χ0) is 13.8. The number of hydrogen-bond acceptors (Lipinski definition) is 2. The molecule has 0 aromatic heterocycles. The minimum atomic E-state index is 0.357. The summed E-state index contributed by atoms with van der Waals surface area (Å²) in [4.78, 5) is 0. The molecule has 1 aliphatic carbocycles. The predicted octanol–water partition coefficient (Wildman–Crippen LogP) is 4.67. The van der Waals surface area contributed by atoms with Gasteiger partial charge in [0.05, 0.1) is 5.02 Å². The molecule has 3 atom stereocenters. The molecule has 0 bridgehead atoms. The molecule has 0 amide bonds. The van der Waals surface area contributed by atoms with Crippen molar-refractivity contribution in [2.24, 2.45) is 17.6 Å². The van der Waals surface area contributed by atoms with Gasteiger partial charge in [-0.15, -0.1) is 0 Å². The average molecular weight is 346 g/mol. The van der Waals surface area contributed by atoms with E-state index in [0.717, 1.165) is 21.1 Å². The monoisotopic (exact) mass is 344 g/mol. The summed E-state index contributed by atoms with van der Waals surface area (Å²) in [5, 5.41) is 4.31. The molecule has 0 heterocycles. The number of rotatable bonds is 4. The highest BCUT2D eigenvalue weighted by Gasteiger charge is 2.25. The van der Waals surface area contributed by atoms with Crippen molar-refractivity contribution in [3.63, 3.8) is 0 Å². The summed E-state index contributed by atoms with van der Waals surface area (Å²) >= 11 is 9.48. The van der Waals surface area contributed by atoms with Gasteiger partial charge in [-0.05, 0) is 58.8 Å². The van der Waals surface area contributed by atoms with Gasteiger partial charge in [0.1, 0.15) is 0 Å². The molecule has 4 heteroatoms. The molecule has 1 saturated carbocycles. The fourth-order valence-corrected chi connectivity index (χ4v) is 3.51. The van der Waals surface area contributed by atoms with E-state index in [1.807, 2.05) is 18.2 Å². The van der Waals surface area contributed by atoms with E-state index < -0.39 is 0 Å². The lowest BCUT2D eigenvalue weighted by molar-refractivity contribution is 0.257. The Bertz CT molecular complexity index is 425. The number of benzene rings is 1. The van der Waals surface area contributed by atoms with Gasteiger partial charge in [0.25, 0.3) is 0 Å². The molecule has 1 fully saturated rings. The molecule has 2 nitrogen and oxygen atoms in total. The summed E-state index contributed by atoms with van der Waals surface area (Å²) < 4.78 is 0.923. The lowest BCUT2D eigenvalue weighted by atomic mass is 9.78. The molecule has 0 saturated heterocycles. The summed E-state index contributed by atoms with van der Waals surface area (Å²) in [5.74, 6) is 1.51. The second kappa shape index (κ2) is 6.96. The Labute approximate surface area is 129 Å². The van der Waals surface area contributed by atoms with Crippen molar-refractivity contribution in [1.82, 2.24) is 0 Å². The normalized spacial score (nSPS) is 25.1. The number of nitrogens with one attached hydrogen (secondary N) is 1. The van der Waals surface area contributed by atoms with Gasteiger partial charge >= 0.3 is 0 Å². The molecule has 3 N–H and O–H groups in total. The summed E-state index contributed by atoms with van der Waals surface area (Å²) in [7, 11) is 0. The maximum atomic E-state index is 6.02. The Morgan fingerprint density at radius 2 is 2.26 bits per heavy atom. The first-order valence-corrected chi connectivity index (χ1v) is 8.19. The van der Waals surface area contributed by atoms with Crippen molar-refractivity contribution in [2.75, 3.05) is 11.9 Å². The minimum absolute atomic E-state index is 0.357. The summed E-state index contributed by atoms with van der Waals surface area (Å²) in [6.07, 6.45) is 5.26. The van der Waals surface area contributed by atoms with Crippen LogP contribution < -0.4 is 11.1 Å². The van der Waals surface area contributed by atoms with E-state index in [9.17, 15) is 0 Å². The van der Waals surface area contributed by atoms with Crippen LogP contribution in [-0.2, 0) is 0 Å². The highest BCUT2D eigenvalue weighted by molar-refractivity contribution is 9.10. The molecule has 3 unspecified atom stereocenters. The van der Waals surface area contributed by atoms with E-state index >= 15 is 0 Å². The Hall–Kier alpha value is -0.250. The molecule has 0 aliphatic heterocycles. The Morgan fingerprint density at radius 1 is 1.47 bits per heavy atom. The highest BCUT2D eigenvalue weighted by atomic mass is 79.9. The Balaban J connectivity index is 2.03. The topological polar surface area (TPSA) is 38.0 Å². The highest BCUT2D eigenvalue weighted by Crippen LogP contribution is 2.32. The minimum Gasteiger partial charge on any atom is -0.381 e. The maximum absolute atomic E-state index is 6.02. The second-order valence-electron chi connectivity index (χ2n) is 5.65. The first-order chi connectivity index (χ1) is 9.10. The first kappa shape index (κ1) is 15.1. The third-order valence-electron chi connectivity index (χ3n) is 4.07. The van der Waals surface area contributed by atoms with Crippen molar-refractivity contribution < 1.29 is 0 Å². The van der Waals surface area contributed by atoms with Crippen LogP contribution in [0.5, 0.6) is 0 Å². The van der Waals surface area contributed by atoms with Crippen molar-refractivity contribution in [1.29, 1.82) is 0 Å². The quantitative estimate of drug-likeness (QED) is 0.832. The van der Waals surface area contributed by atoms with Crippen LogP contribution in [0.4, 0.5) is 5.69 Å². The molecule has 0 radical (unpaired) electrons. The first-order valence-electron chi connectivity index (χ1n) is 7.01. The second-order valence-corrected chi connectivity index (χ2v) is 6.91. The van der Waals surface area contributed by atoms with Crippen molar-refractivity contribution in [3.8, 4) is 0 Å². The fraction of sp³-hybridized carbons (Fsp3) is 0.600. The van der Waals surface area contributed by atoms with Gasteiger partial charge in [-0.25, -0.2) is 0 Å². The molecule has 0 spiro atoms. The maximum Gasteiger partial charge on any atom is 0.0549 e. The van der Waals surface area contributed by atoms with Crippen LogP contribution in [0, 0.1) is 11.8 Å². The number of anilines is 1. The number of halogens is 2. The van der Waals surface area contributed by atoms with Crippen molar-refractivity contribution in [2.45, 2.75) is 38.6 Å². The standard InChI is InChI=1S/C15H22BrClN2/c1-10-3-2-4-11(7-10)15(9-18)19-12-5-6-14(17)13(16)8-12/h5-6,8,10-11,15,19H,2-4,7,9,18H2,1H3. The molecular weight excluding hydrogens is 324 g/mol. The number of nitrogens with two attached hydrogens (primary N) is 1. The average Bonchev–Trinajstić information content (AvgIpc) is 2.40. The molecule has 2 rings (SSSR count). The van der Waals surface area contributed by atoms with Crippen LogP contribution in [0.2, 0.25) is 5.02 Å². The largest absolute Gasteiger partial charge is 0.381 e. The third kappa shape index (κ3) is 4.11. The lowest BCUT2D eigenvalue weighted by Gasteiger charge is -2.33. The Morgan fingerprint density at radius 3 is 2.89 bits per heavy atom. The van der Waals surface area contributed by atoms with E-state index in [-0.39, 0.29) is 0 Å². The SMILES string of the molecule is CC1CCCC(C(CN)Nc2ccc(Cl)c(Br)c2)C1. The van der Waals surface area contributed by atoms with Gasteiger partial charge in [0, 0.05) is 22.7 Å². The van der Waals surface area contributed by atoms with E-state index in [2.05, 4.69) is 28.2 Å². The molecule has 106 valence electrons. The van der Waals surface area contributed by atoms with E-state index in [1.54, 1.807) is 0 Å². The van der Waals surface area contributed by atoms with Gasteiger partial charge in [0.15, 0.2) is 0 Å². The van der Waals surface area contributed by atoms with Crippen molar-refractivity contribution in [3.05, 3.63) is 27.7 Å². The fourth-order valence-electron chi connectivity index (χ4n) is 3.02. The summed E-state index contributed by atoms with van der Waals surface area (Å²) in [5.41, 5.74) is 7.05. The molecule has 1 aliphatic rings. The van der Waals surface area contributed by atoms with Gasteiger partial charge < -0.3 is 11.1 Å². The van der Waals surface area contributed by atoms with E-state index in [0.29, 0.717) is 18.5 Å². The van der Waals surface area contributed by atoms with Crippen LogP contribution in [-0.4, -0.2) is 12.6 Å². The van der Waals surface area contributed by atoms with Crippen LogP contribution >= 0.6 is 27.5 Å². The van der Waals surface area contributed by atoms with Gasteiger partial charge in [-0.2, -0.15) is 0 Å². The molecule has 19 heavy (non-hydrogen) atoms. The smallest absolute Gasteiger partial charge is 0.0549 e. The summed E-state index contributed by atoms with van der Waals surface area (Å²) in [6.45, 7) is 3.02. The van der Waals surface area contributed by atoms with Gasteiger partial charge in [0.2, 0.25) is 0 Å². The van der Waals surface area contributed by atoms with Crippen LogP contribution in [0.25, 0.3) is 0 Å². The zero-order valence-corrected chi connectivity index (χ0v) is 13.7. The summed E-state index contributed by atoms with van der Waals surface area (Å²) in [6, 6.07) is 6.31. The van der Waals surface area contributed by atoms with Crippen LogP contribution in [0.15, 0.2) is 22.7 Å². The predicted molar refractivity (Wildman–Crippen MR) is 86.7 cm³/mol.